The highest BCUT2D eigenvalue weighted by Crippen LogP contribution is 2.38. The number of halogens is 3. The van der Waals surface area contributed by atoms with Gasteiger partial charge in [-0.15, -0.1) is 0 Å². The predicted molar refractivity (Wildman–Crippen MR) is 150 cm³/mol. The van der Waals surface area contributed by atoms with Crippen molar-refractivity contribution in [3.05, 3.63) is 60.0 Å². The first-order valence-electron chi connectivity index (χ1n) is 11.1. The van der Waals surface area contributed by atoms with Crippen LogP contribution in [0.25, 0.3) is 6.08 Å². The van der Waals surface area contributed by atoms with Crippen molar-refractivity contribution >= 4 is 80.7 Å². The monoisotopic (exact) mass is 663 g/mol. The molecule has 0 N–H and O–H groups in total. The maximum Gasteiger partial charge on any atom is 0.326 e. The predicted octanol–water partition coefficient (Wildman–Crippen LogP) is 6.95. The van der Waals surface area contributed by atoms with Gasteiger partial charge in [-0.3, -0.25) is 19.3 Å². The minimum atomic E-state index is -0.622. The molecule has 1 saturated heterocycles. The fourth-order valence-electron chi connectivity index (χ4n) is 3.12. The van der Waals surface area contributed by atoms with Crippen molar-refractivity contribution in [1.29, 1.82) is 0 Å². The Kier molecular flexibility index (Phi) is 10.4. The van der Waals surface area contributed by atoms with Gasteiger partial charge in [-0.05, 0) is 90.5 Å². The molecule has 0 aromatic heterocycles. The van der Waals surface area contributed by atoms with Gasteiger partial charge in [0.25, 0.3) is 11.1 Å². The van der Waals surface area contributed by atoms with Gasteiger partial charge in [0.1, 0.15) is 13.2 Å². The fraction of sp³-hybridized carbons (Fsp3) is 0.320. The van der Waals surface area contributed by atoms with Crippen molar-refractivity contribution in [2.24, 2.45) is 0 Å². The number of hydrogen-bond acceptors (Lipinski definition) is 7. The van der Waals surface area contributed by atoms with Crippen LogP contribution in [0, 0.1) is 3.57 Å². The zero-order valence-corrected chi connectivity index (χ0v) is 24.3. The first-order valence-corrected chi connectivity index (χ1v) is 13.8. The summed E-state index contributed by atoms with van der Waals surface area (Å²) >= 11 is 15.1. The number of esters is 1. The molecule has 0 bridgehead atoms. The lowest BCUT2D eigenvalue weighted by atomic mass is 10.1. The van der Waals surface area contributed by atoms with Crippen molar-refractivity contribution in [2.75, 3.05) is 13.2 Å². The molecule has 0 radical (unpaired) electrons. The molecule has 1 aliphatic rings. The van der Waals surface area contributed by atoms with E-state index >= 15 is 0 Å². The molecule has 2 aromatic rings. The number of rotatable bonds is 10. The van der Waals surface area contributed by atoms with Crippen LogP contribution in [0.15, 0.2) is 35.2 Å². The van der Waals surface area contributed by atoms with E-state index in [0.29, 0.717) is 40.1 Å². The van der Waals surface area contributed by atoms with Crippen molar-refractivity contribution in [3.63, 3.8) is 0 Å². The number of imide groups is 1. The van der Waals surface area contributed by atoms with Gasteiger partial charge in [0.2, 0.25) is 0 Å². The summed E-state index contributed by atoms with van der Waals surface area (Å²) in [5.41, 5.74) is 1.41. The number of hydrogen-bond donors (Lipinski definition) is 0. The minimum Gasteiger partial charge on any atom is -0.490 e. The Balaban J connectivity index is 1.80. The van der Waals surface area contributed by atoms with Crippen molar-refractivity contribution in [1.82, 2.24) is 4.90 Å². The van der Waals surface area contributed by atoms with Gasteiger partial charge in [0.05, 0.1) is 21.2 Å². The average Bonchev–Trinajstić information content (AvgIpc) is 3.07. The van der Waals surface area contributed by atoms with E-state index in [1.54, 1.807) is 37.3 Å². The number of carbonyl (C=O) groups excluding carboxylic acids is 3. The molecule has 0 saturated carbocycles. The molecule has 0 spiro atoms. The maximum atomic E-state index is 12.8. The standard InChI is InChI=1S/C25H24Cl2INO6S/c1-4-14(3)35-22(30)12-29-24(31)21(36-25(29)32)10-15-8-19(28)23(20(9-15)33-5-2)34-13-16-6-7-17(26)11-18(16)27/h6-11,14H,4-5,12-13H2,1-3H3/b21-10+/t14-/m0/s1. The molecule has 2 amide bonds. The molecule has 0 unspecified atom stereocenters. The van der Waals surface area contributed by atoms with E-state index in [1.807, 2.05) is 19.9 Å². The SMILES string of the molecule is CCOc1cc(/C=C2/SC(=O)N(CC(=O)O[C@@H](C)CC)C2=O)cc(I)c1OCc1ccc(Cl)cc1Cl. The van der Waals surface area contributed by atoms with E-state index in [4.69, 9.17) is 37.4 Å². The van der Waals surface area contributed by atoms with Crippen molar-refractivity contribution in [3.8, 4) is 11.5 Å². The molecule has 192 valence electrons. The Morgan fingerprint density at radius 1 is 1.17 bits per heavy atom. The minimum absolute atomic E-state index is 0.205. The third kappa shape index (κ3) is 7.30. The van der Waals surface area contributed by atoms with Crippen LogP contribution < -0.4 is 9.47 Å². The average molecular weight is 664 g/mol. The summed E-state index contributed by atoms with van der Waals surface area (Å²) in [6.45, 7) is 5.66. The number of thioether (sulfide) groups is 1. The normalized spacial score (nSPS) is 15.4. The number of carbonyl (C=O) groups is 3. The van der Waals surface area contributed by atoms with E-state index in [-0.39, 0.29) is 17.6 Å². The molecular weight excluding hydrogens is 640 g/mol. The van der Waals surface area contributed by atoms with Gasteiger partial charge in [-0.25, -0.2) is 0 Å². The zero-order chi connectivity index (χ0) is 26.4. The molecule has 36 heavy (non-hydrogen) atoms. The Bertz CT molecular complexity index is 1210. The van der Waals surface area contributed by atoms with Crippen LogP contribution in [0.4, 0.5) is 4.79 Å². The Morgan fingerprint density at radius 2 is 1.92 bits per heavy atom. The highest BCUT2D eigenvalue weighted by Gasteiger charge is 2.37. The first-order chi connectivity index (χ1) is 17.1. The third-order valence-electron chi connectivity index (χ3n) is 5.08. The van der Waals surface area contributed by atoms with E-state index in [9.17, 15) is 14.4 Å². The Hall–Kier alpha value is -1.95. The molecule has 1 atom stereocenters. The summed E-state index contributed by atoms with van der Waals surface area (Å²) in [6, 6.07) is 8.72. The first kappa shape index (κ1) is 28.6. The molecule has 1 fully saturated rings. The lowest BCUT2D eigenvalue weighted by molar-refractivity contribution is -0.150. The second-order valence-electron chi connectivity index (χ2n) is 7.76. The molecule has 1 heterocycles. The zero-order valence-electron chi connectivity index (χ0n) is 19.8. The molecule has 3 rings (SSSR count). The number of amides is 2. The highest BCUT2D eigenvalue weighted by molar-refractivity contribution is 14.1. The topological polar surface area (TPSA) is 82.1 Å². The van der Waals surface area contributed by atoms with Gasteiger partial charge >= 0.3 is 5.97 Å². The number of benzene rings is 2. The summed E-state index contributed by atoms with van der Waals surface area (Å²) < 4.78 is 17.7. The van der Waals surface area contributed by atoms with Gasteiger partial charge in [0.15, 0.2) is 11.5 Å². The number of ether oxygens (including phenoxy) is 3. The lowest BCUT2D eigenvalue weighted by Gasteiger charge is -2.16. The second kappa shape index (κ2) is 13.0. The van der Waals surface area contributed by atoms with Gasteiger partial charge in [0, 0.05) is 15.6 Å². The van der Waals surface area contributed by atoms with E-state index in [0.717, 1.165) is 25.8 Å². The van der Waals surface area contributed by atoms with Crippen molar-refractivity contribution < 1.29 is 28.6 Å². The summed E-state index contributed by atoms with van der Waals surface area (Å²) in [5, 5.41) is 0.511. The van der Waals surface area contributed by atoms with Gasteiger partial charge in [-0.2, -0.15) is 0 Å². The largest absolute Gasteiger partial charge is 0.490 e. The van der Waals surface area contributed by atoms with E-state index < -0.39 is 23.7 Å². The summed E-state index contributed by atoms with van der Waals surface area (Å²) in [5.74, 6) is -0.154. The smallest absolute Gasteiger partial charge is 0.326 e. The summed E-state index contributed by atoms with van der Waals surface area (Å²) in [6.07, 6.45) is 1.94. The second-order valence-corrected chi connectivity index (χ2v) is 10.8. The molecular formula is C25H24Cl2INO6S. The van der Waals surface area contributed by atoms with Crippen LogP contribution in [0.3, 0.4) is 0 Å². The van der Waals surface area contributed by atoms with Crippen LogP contribution >= 0.6 is 57.6 Å². The fourth-order valence-corrected chi connectivity index (χ4v) is 5.21. The highest BCUT2D eigenvalue weighted by atomic mass is 127. The molecule has 7 nitrogen and oxygen atoms in total. The van der Waals surface area contributed by atoms with Crippen molar-refractivity contribution in [2.45, 2.75) is 39.9 Å². The molecule has 11 heteroatoms. The Labute approximate surface area is 237 Å². The summed E-state index contributed by atoms with van der Waals surface area (Å²) in [7, 11) is 0. The Morgan fingerprint density at radius 3 is 2.58 bits per heavy atom. The maximum absolute atomic E-state index is 12.8. The van der Waals surface area contributed by atoms with Gasteiger partial charge in [-0.1, -0.05) is 36.2 Å². The molecule has 2 aromatic carbocycles. The van der Waals surface area contributed by atoms with Crippen LogP contribution in [0.1, 0.15) is 38.3 Å². The molecule has 0 aliphatic carbocycles. The molecule has 1 aliphatic heterocycles. The summed E-state index contributed by atoms with van der Waals surface area (Å²) in [4.78, 5) is 38.4. The van der Waals surface area contributed by atoms with E-state index in [2.05, 4.69) is 22.6 Å². The van der Waals surface area contributed by atoms with Crippen LogP contribution in [0.2, 0.25) is 10.0 Å². The quantitative estimate of drug-likeness (QED) is 0.155. The van der Waals surface area contributed by atoms with Gasteiger partial charge < -0.3 is 14.2 Å². The van der Waals surface area contributed by atoms with E-state index in [1.165, 1.54) is 0 Å². The lowest BCUT2D eigenvalue weighted by Crippen LogP contribution is -2.35. The van der Waals surface area contributed by atoms with Crippen LogP contribution in [0.5, 0.6) is 11.5 Å². The number of nitrogens with zero attached hydrogens (tertiary/aromatic N) is 1. The van der Waals surface area contributed by atoms with Crippen LogP contribution in [-0.2, 0) is 20.9 Å². The van der Waals surface area contributed by atoms with Crippen LogP contribution in [-0.4, -0.2) is 41.3 Å². The third-order valence-corrected chi connectivity index (χ3v) is 7.38.